The molecule has 1 aliphatic heterocycles. The molecule has 27 heavy (non-hydrogen) atoms. The first-order valence-electron chi connectivity index (χ1n) is 8.65. The average molecular weight is 397 g/mol. The summed E-state index contributed by atoms with van der Waals surface area (Å²) in [4.78, 5) is 14.7. The molecule has 0 atom stereocenters. The first-order chi connectivity index (χ1) is 13.1. The number of hydrogen-bond donors (Lipinski definition) is 0. The number of carbonyl (C=O) groups excluding carboxylic acids is 1. The molecule has 0 spiro atoms. The first-order valence-corrected chi connectivity index (χ1v) is 9.87. The number of hydrogen-bond acceptors (Lipinski definition) is 3. The molecule has 1 amide bonds. The third kappa shape index (κ3) is 3.31. The van der Waals surface area contributed by atoms with E-state index in [0.29, 0.717) is 27.9 Å². The van der Waals surface area contributed by atoms with E-state index in [-0.39, 0.29) is 11.7 Å². The molecule has 1 saturated heterocycles. The van der Waals surface area contributed by atoms with Crippen LogP contribution in [0, 0.1) is 5.82 Å². The minimum Gasteiger partial charge on any atom is -0.342 e. The van der Waals surface area contributed by atoms with Crippen LogP contribution < -0.4 is 0 Å². The average Bonchev–Trinajstić information content (AvgIpc) is 3.14. The van der Waals surface area contributed by atoms with Crippen molar-refractivity contribution in [2.24, 2.45) is 0 Å². The summed E-state index contributed by atoms with van der Waals surface area (Å²) in [5.41, 5.74) is 2.55. The third-order valence-electron chi connectivity index (χ3n) is 4.59. The maximum absolute atomic E-state index is 14.1. The fourth-order valence-corrected chi connectivity index (χ4v) is 4.62. The third-order valence-corrected chi connectivity index (χ3v) is 5.97. The number of thiocarbonyl (C=S) groups is 1. The number of benzene rings is 2. The van der Waals surface area contributed by atoms with Gasteiger partial charge in [0.05, 0.1) is 11.4 Å². The molecule has 2 aromatic carbocycles. The van der Waals surface area contributed by atoms with Gasteiger partial charge in [-0.1, -0.05) is 60.4 Å². The van der Waals surface area contributed by atoms with Crippen molar-refractivity contribution in [1.29, 1.82) is 0 Å². The van der Waals surface area contributed by atoms with Gasteiger partial charge < -0.3 is 4.57 Å². The Morgan fingerprint density at radius 3 is 2.63 bits per heavy atom. The maximum atomic E-state index is 14.1. The molecular formula is C21H17FN2OS2. The highest BCUT2D eigenvalue weighted by atomic mass is 32.2. The SMILES string of the molecule is CCN1C(=O)/C(=C\c2cn(Cc3ccccc3F)c3ccccc23)SC1=S. The summed E-state index contributed by atoms with van der Waals surface area (Å²) in [5, 5.41) is 1.02. The van der Waals surface area contributed by atoms with Gasteiger partial charge in [0.2, 0.25) is 0 Å². The molecule has 4 rings (SSSR count). The molecule has 0 radical (unpaired) electrons. The zero-order valence-electron chi connectivity index (χ0n) is 14.7. The fourth-order valence-electron chi connectivity index (χ4n) is 3.25. The summed E-state index contributed by atoms with van der Waals surface area (Å²) in [7, 11) is 0. The second-order valence-corrected chi connectivity index (χ2v) is 7.92. The summed E-state index contributed by atoms with van der Waals surface area (Å²) in [6.45, 7) is 2.90. The van der Waals surface area contributed by atoms with Crippen molar-refractivity contribution < 1.29 is 9.18 Å². The zero-order chi connectivity index (χ0) is 19.0. The molecule has 0 aliphatic carbocycles. The van der Waals surface area contributed by atoms with Crippen molar-refractivity contribution in [3.05, 3.63) is 76.6 Å². The highest BCUT2D eigenvalue weighted by molar-refractivity contribution is 8.26. The van der Waals surface area contributed by atoms with E-state index in [4.69, 9.17) is 12.2 Å². The van der Waals surface area contributed by atoms with Crippen LogP contribution >= 0.6 is 24.0 Å². The van der Waals surface area contributed by atoms with Crippen molar-refractivity contribution in [2.75, 3.05) is 6.54 Å². The number of aromatic nitrogens is 1. The van der Waals surface area contributed by atoms with Crippen LogP contribution in [0.2, 0.25) is 0 Å². The van der Waals surface area contributed by atoms with Gasteiger partial charge in [0.25, 0.3) is 5.91 Å². The summed E-state index contributed by atoms with van der Waals surface area (Å²) in [6, 6.07) is 14.7. The molecule has 0 saturated carbocycles. The van der Waals surface area contributed by atoms with E-state index >= 15 is 0 Å². The van der Waals surface area contributed by atoms with Gasteiger partial charge in [-0.3, -0.25) is 9.69 Å². The molecule has 3 aromatic rings. The Bertz CT molecular complexity index is 1090. The van der Waals surface area contributed by atoms with Crippen molar-refractivity contribution in [3.8, 4) is 0 Å². The topological polar surface area (TPSA) is 25.2 Å². The normalized spacial score (nSPS) is 16.1. The Morgan fingerprint density at radius 2 is 1.89 bits per heavy atom. The number of thioether (sulfide) groups is 1. The number of nitrogens with zero attached hydrogens (tertiary/aromatic N) is 2. The molecule has 1 aromatic heterocycles. The smallest absolute Gasteiger partial charge is 0.266 e. The quantitative estimate of drug-likeness (QED) is 0.456. The van der Waals surface area contributed by atoms with Gasteiger partial charge in [-0.2, -0.15) is 0 Å². The molecule has 0 unspecified atom stereocenters. The zero-order valence-corrected chi connectivity index (χ0v) is 16.3. The Balaban J connectivity index is 1.77. The predicted molar refractivity (Wildman–Crippen MR) is 113 cm³/mol. The van der Waals surface area contributed by atoms with E-state index in [1.165, 1.54) is 17.8 Å². The van der Waals surface area contributed by atoms with E-state index < -0.39 is 0 Å². The molecule has 0 N–H and O–H groups in total. The lowest BCUT2D eigenvalue weighted by molar-refractivity contribution is -0.121. The second-order valence-electron chi connectivity index (χ2n) is 6.25. The maximum Gasteiger partial charge on any atom is 0.266 e. The molecule has 2 heterocycles. The fraction of sp³-hybridized carbons (Fsp3) is 0.143. The molecule has 6 heteroatoms. The van der Waals surface area contributed by atoms with Crippen LogP contribution in [-0.2, 0) is 11.3 Å². The number of likely N-dealkylation sites (N-methyl/N-ethyl adjacent to an activating group) is 1. The lowest BCUT2D eigenvalue weighted by Crippen LogP contribution is -2.27. The van der Waals surface area contributed by atoms with Gasteiger partial charge in [-0.25, -0.2) is 4.39 Å². The monoisotopic (exact) mass is 396 g/mol. The number of amides is 1. The van der Waals surface area contributed by atoms with E-state index in [0.717, 1.165) is 16.5 Å². The van der Waals surface area contributed by atoms with Gasteiger partial charge in [0, 0.05) is 34.8 Å². The van der Waals surface area contributed by atoms with Gasteiger partial charge in [0.1, 0.15) is 10.1 Å². The van der Waals surface area contributed by atoms with Crippen LogP contribution in [0.15, 0.2) is 59.6 Å². The largest absolute Gasteiger partial charge is 0.342 e. The van der Waals surface area contributed by atoms with Crippen LogP contribution in [-0.4, -0.2) is 26.2 Å². The highest BCUT2D eigenvalue weighted by Crippen LogP contribution is 2.34. The van der Waals surface area contributed by atoms with E-state index in [1.807, 2.05) is 54.1 Å². The van der Waals surface area contributed by atoms with Crippen LogP contribution in [0.3, 0.4) is 0 Å². The molecule has 0 bridgehead atoms. The molecule has 1 aliphatic rings. The Labute approximate surface area is 166 Å². The van der Waals surface area contributed by atoms with Crippen molar-refractivity contribution in [1.82, 2.24) is 9.47 Å². The van der Waals surface area contributed by atoms with Crippen LogP contribution in [0.4, 0.5) is 4.39 Å². The Kier molecular flexibility index (Phi) is 4.85. The summed E-state index contributed by atoms with van der Waals surface area (Å²) in [6.07, 6.45) is 3.85. The van der Waals surface area contributed by atoms with Gasteiger partial charge in [0.15, 0.2) is 0 Å². The van der Waals surface area contributed by atoms with Crippen molar-refractivity contribution in [3.63, 3.8) is 0 Å². The van der Waals surface area contributed by atoms with Gasteiger partial charge >= 0.3 is 0 Å². The van der Waals surface area contributed by atoms with Crippen LogP contribution in [0.1, 0.15) is 18.1 Å². The Hall–Kier alpha value is -2.44. The molecule has 1 fully saturated rings. The predicted octanol–water partition coefficient (Wildman–Crippen LogP) is 5.05. The van der Waals surface area contributed by atoms with Gasteiger partial charge in [-0.05, 0) is 25.1 Å². The molecular weight excluding hydrogens is 379 g/mol. The summed E-state index contributed by atoms with van der Waals surface area (Å²) in [5.74, 6) is -0.279. The van der Waals surface area contributed by atoms with E-state index in [9.17, 15) is 9.18 Å². The van der Waals surface area contributed by atoms with E-state index in [1.54, 1.807) is 17.0 Å². The summed E-state index contributed by atoms with van der Waals surface area (Å²) >= 11 is 6.62. The standard InChI is InChI=1S/C21H17FN2OS2/c1-2-24-20(25)19(27-21(24)26)11-15-13-23(18-10-6-4-8-16(15)18)12-14-7-3-5-9-17(14)22/h3-11,13H,2,12H2,1H3/b19-11+. The highest BCUT2D eigenvalue weighted by Gasteiger charge is 2.30. The number of rotatable bonds is 4. The first kappa shape index (κ1) is 17.9. The Morgan fingerprint density at radius 1 is 1.15 bits per heavy atom. The minimum atomic E-state index is -0.222. The lowest BCUT2D eigenvalue weighted by atomic mass is 10.1. The number of carbonyl (C=O) groups is 1. The number of halogens is 1. The lowest BCUT2D eigenvalue weighted by Gasteiger charge is -2.09. The molecule has 3 nitrogen and oxygen atoms in total. The number of para-hydroxylation sites is 1. The van der Waals surface area contributed by atoms with Crippen LogP contribution in [0.25, 0.3) is 17.0 Å². The van der Waals surface area contributed by atoms with Crippen LogP contribution in [0.5, 0.6) is 0 Å². The second kappa shape index (κ2) is 7.29. The minimum absolute atomic E-state index is 0.0570. The van der Waals surface area contributed by atoms with Crippen molar-refractivity contribution in [2.45, 2.75) is 13.5 Å². The molecule has 136 valence electrons. The number of fused-ring (bicyclic) bond motifs is 1. The van der Waals surface area contributed by atoms with Gasteiger partial charge in [-0.15, -0.1) is 0 Å². The summed E-state index contributed by atoms with van der Waals surface area (Å²) < 4.78 is 16.7. The van der Waals surface area contributed by atoms with E-state index in [2.05, 4.69) is 0 Å². The van der Waals surface area contributed by atoms with Crippen molar-refractivity contribution >= 4 is 51.2 Å².